The maximum Gasteiger partial charge on any atom is 0.317 e. The molecule has 0 bridgehead atoms. The van der Waals surface area contributed by atoms with Crippen molar-refractivity contribution in [2.45, 2.75) is 51.0 Å². The van der Waals surface area contributed by atoms with Gasteiger partial charge in [-0.2, -0.15) is 5.10 Å². The van der Waals surface area contributed by atoms with E-state index in [1.807, 2.05) is 24.1 Å². The molecule has 3 heterocycles. The Morgan fingerprint density at radius 2 is 2.08 bits per heavy atom. The number of likely N-dealkylation sites (tertiary alicyclic amines) is 1. The maximum absolute atomic E-state index is 12.7. The van der Waals surface area contributed by atoms with Crippen molar-refractivity contribution >= 4 is 11.7 Å². The number of nitrogens with one attached hydrogen (secondary N) is 1. The lowest BCUT2D eigenvalue weighted by Crippen LogP contribution is -2.45. The lowest BCUT2D eigenvalue weighted by molar-refractivity contribution is 0.175. The van der Waals surface area contributed by atoms with E-state index in [1.165, 1.54) is 38.5 Å². The topological polar surface area (TPSA) is 53.4 Å². The van der Waals surface area contributed by atoms with E-state index in [1.54, 1.807) is 0 Å². The third kappa shape index (κ3) is 3.10. The maximum atomic E-state index is 12.7. The van der Waals surface area contributed by atoms with Crippen molar-refractivity contribution in [3.63, 3.8) is 0 Å². The summed E-state index contributed by atoms with van der Waals surface area (Å²) in [6.07, 6.45) is 12.8. The third-order valence-corrected chi connectivity index (χ3v) is 6.21. The fourth-order valence-electron chi connectivity index (χ4n) is 4.77. The normalized spacial score (nSPS) is 26.3. The monoisotopic (exact) mass is 331 g/mol. The van der Waals surface area contributed by atoms with Crippen molar-refractivity contribution in [1.29, 1.82) is 0 Å². The molecule has 2 amide bonds. The number of hydrogen-bond donors (Lipinski definition) is 1. The van der Waals surface area contributed by atoms with Crippen LogP contribution in [0.15, 0.2) is 12.4 Å². The number of carbonyl (C=O) groups excluding carboxylic acids is 1. The summed E-state index contributed by atoms with van der Waals surface area (Å²) in [5, 5.41) is 7.51. The number of anilines is 1. The Morgan fingerprint density at radius 3 is 2.83 bits per heavy atom. The second-order valence-electron chi connectivity index (χ2n) is 7.99. The number of hydrogen-bond acceptors (Lipinski definition) is 3. The molecule has 1 N–H and O–H groups in total. The van der Waals surface area contributed by atoms with Gasteiger partial charge in [-0.05, 0) is 31.1 Å². The second-order valence-corrected chi connectivity index (χ2v) is 7.99. The number of urea groups is 1. The molecule has 1 saturated carbocycles. The molecular weight excluding hydrogens is 302 g/mol. The van der Waals surface area contributed by atoms with Crippen LogP contribution in [0, 0.1) is 5.41 Å². The summed E-state index contributed by atoms with van der Waals surface area (Å²) < 4.78 is 1.83. The molecule has 132 valence electrons. The minimum atomic E-state index is 0.149. The van der Waals surface area contributed by atoms with Crippen LogP contribution in [0.2, 0.25) is 0 Å². The second kappa shape index (κ2) is 6.30. The molecule has 4 rings (SSSR count). The van der Waals surface area contributed by atoms with Crippen LogP contribution in [0.1, 0.15) is 44.9 Å². The van der Waals surface area contributed by atoms with E-state index in [9.17, 15) is 4.79 Å². The molecule has 1 spiro atoms. The fourth-order valence-corrected chi connectivity index (χ4v) is 4.77. The van der Waals surface area contributed by atoms with Crippen LogP contribution in [0.3, 0.4) is 0 Å². The molecule has 0 aromatic carbocycles. The predicted octanol–water partition coefficient (Wildman–Crippen LogP) is 2.36. The largest absolute Gasteiger partial charge is 0.367 e. The number of amides is 2. The summed E-state index contributed by atoms with van der Waals surface area (Å²) >= 11 is 0. The summed E-state index contributed by atoms with van der Waals surface area (Å²) in [6, 6.07) is 0.399. The average molecular weight is 331 g/mol. The van der Waals surface area contributed by atoms with Crippen LogP contribution in [-0.2, 0) is 7.05 Å². The standard InChI is InChI=1S/C18H29N5O/c1-21-13-16(11-19-21)22-9-5-15(12-22)20-17(24)23-10-8-18(14-23)6-3-2-4-7-18/h11,13,15H,2-10,12,14H2,1H3,(H,20,24). The van der Waals surface area contributed by atoms with Crippen LogP contribution >= 0.6 is 0 Å². The summed E-state index contributed by atoms with van der Waals surface area (Å²) in [7, 11) is 1.94. The van der Waals surface area contributed by atoms with Gasteiger partial charge in [0.2, 0.25) is 0 Å². The molecular formula is C18H29N5O. The molecule has 1 unspecified atom stereocenters. The summed E-state index contributed by atoms with van der Waals surface area (Å²) in [4.78, 5) is 17.0. The first-order valence-electron chi connectivity index (χ1n) is 9.43. The Labute approximate surface area is 144 Å². The highest BCUT2D eigenvalue weighted by Gasteiger charge is 2.41. The van der Waals surface area contributed by atoms with Crippen LogP contribution in [0.5, 0.6) is 0 Å². The van der Waals surface area contributed by atoms with Crippen molar-refractivity contribution in [1.82, 2.24) is 20.0 Å². The van der Waals surface area contributed by atoms with Gasteiger partial charge in [-0.1, -0.05) is 19.3 Å². The molecule has 1 atom stereocenters. The van der Waals surface area contributed by atoms with Crippen LogP contribution in [0.4, 0.5) is 10.5 Å². The molecule has 6 heteroatoms. The van der Waals surface area contributed by atoms with E-state index >= 15 is 0 Å². The van der Waals surface area contributed by atoms with E-state index in [2.05, 4.69) is 20.2 Å². The highest BCUT2D eigenvalue weighted by Crippen LogP contribution is 2.43. The first-order valence-corrected chi connectivity index (χ1v) is 9.43. The third-order valence-electron chi connectivity index (χ3n) is 6.21. The highest BCUT2D eigenvalue weighted by atomic mass is 16.2. The van der Waals surface area contributed by atoms with Gasteiger partial charge in [0.25, 0.3) is 0 Å². The Morgan fingerprint density at radius 1 is 1.25 bits per heavy atom. The van der Waals surface area contributed by atoms with Crippen molar-refractivity contribution in [2.24, 2.45) is 12.5 Å². The zero-order valence-electron chi connectivity index (χ0n) is 14.7. The summed E-state index contributed by atoms with van der Waals surface area (Å²) in [5.41, 5.74) is 1.59. The zero-order chi connectivity index (χ0) is 16.6. The number of rotatable bonds is 2. The van der Waals surface area contributed by atoms with Gasteiger partial charge < -0.3 is 15.1 Å². The summed E-state index contributed by atoms with van der Waals surface area (Å²) in [5.74, 6) is 0. The van der Waals surface area contributed by atoms with Crippen molar-refractivity contribution in [3.8, 4) is 0 Å². The van der Waals surface area contributed by atoms with Gasteiger partial charge >= 0.3 is 6.03 Å². The van der Waals surface area contributed by atoms with Crippen LogP contribution in [0.25, 0.3) is 0 Å². The van der Waals surface area contributed by atoms with E-state index in [4.69, 9.17) is 0 Å². The van der Waals surface area contributed by atoms with Gasteiger partial charge in [-0.3, -0.25) is 4.68 Å². The fraction of sp³-hybridized carbons (Fsp3) is 0.778. The van der Waals surface area contributed by atoms with Crippen molar-refractivity contribution in [3.05, 3.63) is 12.4 Å². The molecule has 1 aromatic heterocycles. The molecule has 3 fully saturated rings. The van der Waals surface area contributed by atoms with Gasteiger partial charge in [0, 0.05) is 45.5 Å². The van der Waals surface area contributed by atoms with Crippen molar-refractivity contribution in [2.75, 3.05) is 31.1 Å². The molecule has 1 aliphatic carbocycles. The van der Waals surface area contributed by atoms with E-state index < -0.39 is 0 Å². The van der Waals surface area contributed by atoms with Crippen molar-refractivity contribution < 1.29 is 4.79 Å². The number of aryl methyl sites for hydroxylation is 1. The molecule has 3 aliphatic rings. The molecule has 1 aromatic rings. The Balaban J connectivity index is 1.29. The van der Waals surface area contributed by atoms with Gasteiger partial charge in [0.1, 0.15) is 0 Å². The first-order chi connectivity index (χ1) is 11.6. The number of carbonyl (C=O) groups is 1. The van der Waals surface area contributed by atoms with E-state index in [0.717, 1.165) is 38.3 Å². The van der Waals surface area contributed by atoms with Gasteiger partial charge in [0.15, 0.2) is 0 Å². The summed E-state index contributed by atoms with van der Waals surface area (Å²) in [6.45, 7) is 3.78. The van der Waals surface area contributed by atoms with Gasteiger partial charge in [-0.25, -0.2) is 4.79 Å². The first kappa shape index (κ1) is 15.8. The smallest absolute Gasteiger partial charge is 0.317 e. The Hall–Kier alpha value is -1.72. The van der Waals surface area contributed by atoms with E-state index in [-0.39, 0.29) is 12.1 Å². The molecule has 6 nitrogen and oxygen atoms in total. The van der Waals surface area contributed by atoms with Gasteiger partial charge in [0.05, 0.1) is 11.9 Å². The average Bonchev–Trinajstić information content (AvgIpc) is 3.29. The predicted molar refractivity (Wildman–Crippen MR) is 94.1 cm³/mol. The zero-order valence-corrected chi connectivity index (χ0v) is 14.7. The molecule has 2 saturated heterocycles. The van der Waals surface area contributed by atoms with Crippen LogP contribution < -0.4 is 10.2 Å². The van der Waals surface area contributed by atoms with Gasteiger partial charge in [-0.15, -0.1) is 0 Å². The number of nitrogens with zero attached hydrogens (tertiary/aromatic N) is 4. The minimum absolute atomic E-state index is 0.149. The van der Waals surface area contributed by atoms with E-state index in [0.29, 0.717) is 5.41 Å². The minimum Gasteiger partial charge on any atom is -0.367 e. The number of aromatic nitrogens is 2. The lowest BCUT2D eigenvalue weighted by Gasteiger charge is -2.33. The van der Waals surface area contributed by atoms with Crippen LogP contribution in [-0.4, -0.2) is 52.9 Å². The molecule has 2 aliphatic heterocycles. The molecule has 0 radical (unpaired) electrons. The quantitative estimate of drug-likeness (QED) is 0.905. The Bertz CT molecular complexity index is 592. The SMILES string of the molecule is Cn1cc(N2CCC(NC(=O)N3CCC4(CCCCC4)C3)C2)cn1. The Kier molecular flexibility index (Phi) is 4.14. The lowest BCUT2D eigenvalue weighted by atomic mass is 9.73. The molecule has 24 heavy (non-hydrogen) atoms. The highest BCUT2D eigenvalue weighted by molar-refractivity contribution is 5.75.